The van der Waals surface area contributed by atoms with Gasteiger partial charge in [0.15, 0.2) is 0 Å². The number of para-hydroxylation sites is 1. The SMILES string of the molecule is O=[N+]([O-])c1ccccc1CCn1ccc2cc(Cl)ccc21. The maximum Gasteiger partial charge on any atom is 0.272 e. The zero-order valence-corrected chi connectivity index (χ0v) is 12.0. The molecule has 0 saturated heterocycles. The minimum Gasteiger partial charge on any atom is -0.347 e. The Labute approximate surface area is 126 Å². The van der Waals surface area contributed by atoms with Crippen LogP contribution in [0.4, 0.5) is 5.69 Å². The van der Waals surface area contributed by atoms with Gasteiger partial charge in [0.25, 0.3) is 5.69 Å². The molecule has 21 heavy (non-hydrogen) atoms. The van der Waals surface area contributed by atoms with Gasteiger partial charge < -0.3 is 4.57 Å². The van der Waals surface area contributed by atoms with Crippen LogP contribution in [0.1, 0.15) is 5.56 Å². The highest BCUT2D eigenvalue weighted by molar-refractivity contribution is 6.31. The van der Waals surface area contributed by atoms with E-state index in [4.69, 9.17) is 11.6 Å². The lowest BCUT2D eigenvalue weighted by Gasteiger charge is -2.06. The van der Waals surface area contributed by atoms with E-state index in [1.807, 2.05) is 36.5 Å². The molecule has 3 rings (SSSR count). The fourth-order valence-corrected chi connectivity index (χ4v) is 2.69. The van der Waals surface area contributed by atoms with Gasteiger partial charge in [-0.15, -0.1) is 0 Å². The lowest BCUT2D eigenvalue weighted by atomic mass is 10.1. The summed E-state index contributed by atoms with van der Waals surface area (Å²) in [4.78, 5) is 10.7. The van der Waals surface area contributed by atoms with Crippen LogP contribution >= 0.6 is 11.6 Å². The first-order valence-corrected chi connectivity index (χ1v) is 6.99. The Hall–Kier alpha value is -2.33. The minimum absolute atomic E-state index is 0.178. The Morgan fingerprint density at radius 2 is 1.95 bits per heavy atom. The fourth-order valence-electron chi connectivity index (χ4n) is 2.51. The molecular formula is C16H13ClN2O2. The van der Waals surface area contributed by atoms with E-state index < -0.39 is 0 Å². The van der Waals surface area contributed by atoms with E-state index in [2.05, 4.69) is 4.57 Å². The molecule has 0 bridgehead atoms. The summed E-state index contributed by atoms with van der Waals surface area (Å²) in [5, 5.41) is 12.8. The van der Waals surface area contributed by atoms with Crippen molar-refractivity contribution in [3.05, 3.63) is 75.4 Å². The van der Waals surface area contributed by atoms with Crippen LogP contribution in [0, 0.1) is 10.1 Å². The van der Waals surface area contributed by atoms with Crippen LogP contribution in [0.3, 0.4) is 0 Å². The molecule has 0 radical (unpaired) electrons. The van der Waals surface area contributed by atoms with Crippen molar-refractivity contribution in [2.24, 2.45) is 0 Å². The maximum absolute atomic E-state index is 11.0. The number of aromatic nitrogens is 1. The Balaban J connectivity index is 1.86. The Morgan fingerprint density at radius 1 is 1.14 bits per heavy atom. The number of hydrogen-bond donors (Lipinski definition) is 0. The van der Waals surface area contributed by atoms with E-state index in [0.717, 1.165) is 16.5 Å². The topological polar surface area (TPSA) is 48.1 Å². The zero-order chi connectivity index (χ0) is 14.8. The summed E-state index contributed by atoms with van der Waals surface area (Å²) in [6, 6.07) is 14.6. The molecular weight excluding hydrogens is 288 g/mol. The molecule has 0 saturated carbocycles. The third-order valence-corrected chi connectivity index (χ3v) is 3.78. The van der Waals surface area contributed by atoms with Crippen LogP contribution in [-0.4, -0.2) is 9.49 Å². The molecule has 0 atom stereocenters. The van der Waals surface area contributed by atoms with Crippen molar-refractivity contribution in [3.8, 4) is 0 Å². The number of fused-ring (bicyclic) bond motifs is 1. The lowest BCUT2D eigenvalue weighted by Crippen LogP contribution is -2.02. The van der Waals surface area contributed by atoms with E-state index in [1.54, 1.807) is 18.2 Å². The second-order valence-corrected chi connectivity index (χ2v) is 5.28. The monoisotopic (exact) mass is 300 g/mol. The van der Waals surface area contributed by atoms with Gasteiger partial charge in [-0.3, -0.25) is 10.1 Å². The molecule has 0 aliphatic heterocycles. The van der Waals surface area contributed by atoms with Gasteiger partial charge in [-0.05, 0) is 30.7 Å². The molecule has 0 unspecified atom stereocenters. The summed E-state index contributed by atoms with van der Waals surface area (Å²) in [5.74, 6) is 0. The summed E-state index contributed by atoms with van der Waals surface area (Å²) in [6.07, 6.45) is 2.60. The molecule has 5 heteroatoms. The zero-order valence-electron chi connectivity index (χ0n) is 11.2. The van der Waals surface area contributed by atoms with Crippen LogP contribution in [0.5, 0.6) is 0 Å². The lowest BCUT2D eigenvalue weighted by molar-refractivity contribution is -0.385. The third kappa shape index (κ3) is 2.76. The van der Waals surface area contributed by atoms with Gasteiger partial charge in [-0.1, -0.05) is 29.8 Å². The predicted molar refractivity (Wildman–Crippen MR) is 83.7 cm³/mol. The summed E-state index contributed by atoms with van der Waals surface area (Å²) >= 11 is 5.97. The number of halogens is 1. The first-order valence-electron chi connectivity index (χ1n) is 6.62. The van der Waals surface area contributed by atoms with Crippen molar-refractivity contribution in [2.75, 3.05) is 0 Å². The van der Waals surface area contributed by atoms with E-state index in [1.165, 1.54) is 0 Å². The number of benzene rings is 2. The van der Waals surface area contributed by atoms with Crippen LogP contribution in [0.15, 0.2) is 54.7 Å². The molecule has 0 aliphatic carbocycles. The molecule has 1 aromatic heterocycles. The highest BCUT2D eigenvalue weighted by Crippen LogP contribution is 2.22. The first kappa shape index (κ1) is 13.6. The highest BCUT2D eigenvalue weighted by atomic mass is 35.5. The third-order valence-electron chi connectivity index (χ3n) is 3.54. The van der Waals surface area contributed by atoms with Crippen LogP contribution in [0.2, 0.25) is 5.02 Å². The van der Waals surface area contributed by atoms with Crippen molar-refractivity contribution >= 4 is 28.2 Å². The Kier molecular flexibility index (Phi) is 3.62. The van der Waals surface area contributed by atoms with Gasteiger partial charge >= 0.3 is 0 Å². The Bertz CT molecular complexity index is 811. The van der Waals surface area contributed by atoms with Crippen molar-refractivity contribution in [3.63, 3.8) is 0 Å². The highest BCUT2D eigenvalue weighted by Gasteiger charge is 2.12. The van der Waals surface area contributed by atoms with Crippen molar-refractivity contribution < 1.29 is 4.92 Å². The molecule has 106 valence electrons. The molecule has 0 spiro atoms. The van der Waals surface area contributed by atoms with E-state index in [0.29, 0.717) is 18.0 Å². The predicted octanol–water partition coefficient (Wildman–Crippen LogP) is 4.45. The maximum atomic E-state index is 11.0. The second kappa shape index (κ2) is 5.58. The molecule has 0 N–H and O–H groups in total. The first-order chi connectivity index (χ1) is 10.1. The van der Waals surface area contributed by atoms with Crippen LogP contribution in [-0.2, 0) is 13.0 Å². The summed E-state index contributed by atoms with van der Waals surface area (Å²) < 4.78 is 2.09. The number of hydrogen-bond acceptors (Lipinski definition) is 2. The summed E-state index contributed by atoms with van der Waals surface area (Å²) in [5.41, 5.74) is 2.01. The molecule has 0 fully saturated rings. The van der Waals surface area contributed by atoms with Gasteiger partial charge in [0.2, 0.25) is 0 Å². The fraction of sp³-hybridized carbons (Fsp3) is 0.125. The Morgan fingerprint density at radius 3 is 2.76 bits per heavy atom. The number of nitro groups is 1. The molecule has 1 heterocycles. The van der Waals surface area contributed by atoms with Gasteiger partial charge in [-0.25, -0.2) is 0 Å². The number of nitrogens with zero attached hydrogens (tertiary/aromatic N) is 2. The van der Waals surface area contributed by atoms with E-state index in [-0.39, 0.29) is 10.6 Å². The second-order valence-electron chi connectivity index (χ2n) is 4.85. The molecule has 0 amide bonds. The number of nitro benzene ring substituents is 1. The molecule has 0 aliphatic rings. The largest absolute Gasteiger partial charge is 0.347 e. The average molecular weight is 301 g/mol. The van der Waals surface area contributed by atoms with Gasteiger partial charge in [0.1, 0.15) is 0 Å². The molecule has 2 aromatic carbocycles. The van der Waals surface area contributed by atoms with Crippen LogP contribution in [0.25, 0.3) is 10.9 Å². The average Bonchev–Trinajstić information content (AvgIpc) is 2.87. The quantitative estimate of drug-likeness (QED) is 0.528. The van der Waals surface area contributed by atoms with E-state index >= 15 is 0 Å². The van der Waals surface area contributed by atoms with E-state index in [9.17, 15) is 10.1 Å². The molecule has 4 nitrogen and oxygen atoms in total. The smallest absolute Gasteiger partial charge is 0.272 e. The summed E-state index contributed by atoms with van der Waals surface area (Å²) in [7, 11) is 0. The van der Waals surface area contributed by atoms with Crippen LogP contribution < -0.4 is 0 Å². The van der Waals surface area contributed by atoms with Gasteiger partial charge in [0.05, 0.1) is 4.92 Å². The summed E-state index contributed by atoms with van der Waals surface area (Å²) in [6.45, 7) is 0.690. The number of rotatable bonds is 4. The minimum atomic E-state index is -0.330. The van der Waals surface area contributed by atoms with Gasteiger partial charge in [0, 0.05) is 40.3 Å². The van der Waals surface area contributed by atoms with Crippen molar-refractivity contribution in [2.45, 2.75) is 13.0 Å². The van der Waals surface area contributed by atoms with Gasteiger partial charge in [-0.2, -0.15) is 0 Å². The number of aryl methyl sites for hydroxylation is 2. The molecule has 3 aromatic rings. The van der Waals surface area contributed by atoms with Crippen molar-refractivity contribution in [1.29, 1.82) is 0 Å². The standard InChI is InChI=1S/C16H13ClN2O2/c17-14-5-6-15-13(11-14)8-10-18(15)9-7-12-3-1-2-4-16(12)19(20)21/h1-6,8,10-11H,7,9H2. The van der Waals surface area contributed by atoms with Crippen molar-refractivity contribution in [1.82, 2.24) is 4.57 Å². The normalized spacial score (nSPS) is 10.9.